The molecule has 112 valence electrons. The number of aromatic nitrogens is 2. The van der Waals surface area contributed by atoms with Crippen molar-refractivity contribution in [2.75, 3.05) is 23.7 Å². The number of hydrogen-bond acceptors (Lipinski definition) is 4. The van der Waals surface area contributed by atoms with Crippen molar-refractivity contribution in [3.8, 4) is 0 Å². The Hall–Kier alpha value is -2.10. The first-order valence-corrected chi connectivity index (χ1v) is 7.73. The summed E-state index contributed by atoms with van der Waals surface area (Å²) in [6.45, 7) is 4.01. The molecule has 0 unspecified atom stereocenters. The number of hydrogen-bond donors (Lipinski definition) is 2. The third-order valence-corrected chi connectivity index (χ3v) is 3.28. The Bertz CT molecular complexity index is 513. The van der Waals surface area contributed by atoms with Crippen molar-refractivity contribution in [2.45, 2.75) is 32.6 Å². The zero-order valence-corrected chi connectivity index (χ0v) is 12.7. The summed E-state index contributed by atoms with van der Waals surface area (Å²) in [4.78, 5) is 8.72. The molecule has 0 fully saturated rings. The molecule has 0 bridgehead atoms. The minimum Gasteiger partial charge on any atom is -0.370 e. The van der Waals surface area contributed by atoms with Crippen molar-refractivity contribution in [3.05, 3.63) is 48.2 Å². The molecule has 0 aliphatic carbocycles. The largest absolute Gasteiger partial charge is 0.370 e. The molecule has 2 N–H and O–H groups in total. The Labute approximate surface area is 127 Å². The molecule has 0 saturated carbocycles. The topological polar surface area (TPSA) is 49.8 Å². The Morgan fingerprint density at radius 3 is 2.62 bits per heavy atom. The molecule has 1 heterocycles. The van der Waals surface area contributed by atoms with E-state index in [9.17, 15) is 0 Å². The van der Waals surface area contributed by atoms with Crippen LogP contribution in [0.2, 0.25) is 0 Å². The zero-order valence-electron chi connectivity index (χ0n) is 12.7. The molecule has 1 aromatic carbocycles. The van der Waals surface area contributed by atoms with Crippen molar-refractivity contribution >= 4 is 11.8 Å². The van der Waals surface area contributed by atoms with Gasteiger partial charge in [-0.05, 0) is 24.5 Å². The summed E-state index contributed by atoms with van der Waals surface area (Å²) in [5.74, 6) is 1.58. The lowest BCUT2D eigenvalue weighted by Crippen LogP contribution is -2.10. The maximum absolute atomic E-state index is 4.47. The molecule has 0 aliphatic rings. The molecule has 2 aromatic rings. The van der Waals surface area contributed by atoms with Crippen LogP contribution in [-0.4, -0.2) is 23.1 Å². The molecule has 0 aliphatic heterocycles. The zero-order chi connectivity index (χ0) is 14.8. The van der Waals surface area contributed by atoms with Gasteiger partial charge in [0.15, 0.2) is 0 Å². The van der Waals surface area contributed by atoms with Gasteiger partial charge in [0, 0.05) is 19.3 Å². The van der Waals surface area contributed by atoms with Crippen LogP contribution < -0.4 is 10.6 Å². The van der Waals surface area contributed by atoms with Crippen molar-refractivity contribution in [2.24, 2.45) is 0 Å². The third kappa shape index (κ3) is 5.81. The Morgan fingerprint density at radius 1 is 0.952 bits per heavy atom. The molecular weight excluding hydrogens is 260 g/mol. The molecule has 2 rings (SSSR count). The number of nitrogens with zero attached hydrogens (tertiary/aromatic N) is 2. The van der Waals surface area contributed by atoms with Crippen LogP contribution in [0.25, 0.3) is 0 Å². The van der Waals surface area contributed by atoms with Gasteiger partial charge in [0.2, 0.25) is 5.95 Å². The summed E-state index contributed by atoms with van der Waals surface area (Å²) in [6.07, 6.45) is 6.42. The monoisotopic (exact) mass is 284 g/mol. The predicted molar refractivity (Wildman–Crippen MR) is 88.7 cm³/mol. The molecule has 0 saturated heterocycles. The standard InChI is InChI=1S/C17H24N4/c1-2-3-7-12-18-16-11-14-20-17(21-16)19-13-10-15-8-5-4-6-9-15/h4-6,8-9,11,14H,2-3,7,10,12-13H2,1H3,(H2,18,19,20,21). The van der Waals surface area contributed by atoms with Crippen LogP contribution in [0.15, 0.2) is 42.6 Å². The maximum atomic E-state index is 4.47. The van der Waals surface area contributed by atoms with E-state index in [0.717, 1.165) is 25.3 Å². The van der Waals surface area contributed by atoms with Gasteiger partial charge in [-0.1, -0.05) is 50.1 Å². The molecule has 0 spiro atoms. The second-order valence-electron chi connectivity index (χ2n) is 5.06. The number of unbranched alkanes of at least 4 members (excludes halogenated alkanes) is 2. The van der Waals surface area contributed by atoms with E-state index in [1.807, 2.05) is 12.1 Å². The van der Waals surface area contributed by atoms with E-state index in [1.54, 1.807) is 6.20 Å². The quantitative estimate of drug-likeness (QED) is 0.689. The number of nitrogens with one attached hydrogen (secondary N) is 2. The molecule has 4 heteroatoms. The fraction of sp³-hybridized carbons (Fsp3) is 0.412. The van der Waals surface area contributed by atoms with E-state index in [1.165, 1.54) is 24.8 Å². The average molecular weight is 284 g/mol. The van der Waals surface area contributed by atoms with Gasteiger partial charge in [-0.3, -0.25) is 0 Å². The molecule has 21 heavy (non-hydrogen) atoms. The van der Waals surface area contributed by atoms with E-state index >= 15 is 0 Å². The Balaban J connectivity index is 1.75. The van der Waals surface area contributed by atoms with Gasteiger partial charge in [0.05, 0.1) is 0 Å². The summed E-state index contributed by atoms with van der Waals surface area (Å²) < 4.78 is 0. The third-order valence-electron chi connectivity index (χ3n) is 3.28. The first-order valence-electron chi connectivity index (χ1n) is 7.73. The van der Waals surface area contributed by atoms with Crippen LogP contribution in [-0.2, 0) is 6.42 Å². The van der Waals surface area contributed by atoms with Gasteiger partial charge in [0.25, 0.3) is 0 Å². The Kier molecular flexibility index (Phi) is 6.52. The van der Waals surface area contributed by atoms with E-state index in [2.05, 4.69) is 51.8 Å². The van der Waals surface area contributed by atoms with Gasteiger partial charge in [0.1, 0.15) is 5.82 Å². The summed E-state index contributed by atoms with van der Waals surface area (Å²) in [5.41, 5.74) is 1.32. The van der Waals surface area contributed by atoms with Gasteiger partial charge in [-0.2, -0.15) is 4.98 Å². The SMILES string of the molecule is CCCCCNc1ccnc(NCCc2ccccc2)n1. The highest BCUT2D eigenvalue weighted by atomic mass is 15.1. The normalized spacial score (nSPS) is 10.3. The molecule has 4 nitrogen and oxygen atoms in total. The van der Waals surface area contributed by atoms with Crippen molar-refractivity contribution in [1.29, 1.82) is 0 Å². The minimum absolute atomic E-state index is 0.687. The lowest BCUT2D eigenvalue weighted by atomic mass is 10.1. The summed E-state index contributed by atoms with van der Waals surface area (Å²) >= 11 is 0. The van der Waals surface area contributed by atoms with Crippen LogP contribution in [0.1, 0.15) is 31.7 Å². The molecule has 0 amide bonds. The summed E-state index contributed by atoms with van der Waals surface area (Å²) in [6, 6.07) is 12.3. The first-order chi connectivity index (χ1) is 10.4. The number of benzene rings is 1. The molecule has 1 aromatic heterocycles. The van der Waals surface area contributed by atoms with Crippen molar-refractivity contribution < 1.29 is 0 Å². The highest BCUT2D eigenvalue weighted by Crippen LogP contribution is 2.07. The lowest BCUT2D eigenvalue weighted by molar-refractivity contribution is 0.742. The van der Waals surface area contributed by atoms with Crippen LogP contribution in [0.5, 0.6) is 0 Å². The summed E-state index contributed by atoms with van der Waals surface area (Å²) in [7, 11) is 0. The predicted octanol–water partition coefficient (Wildman–Crippen LogP) is 3.73. The highest BCUT2D eigenvalue weighted by Gasteiger charge is 1.99. The van der Waals surface area contributed by atoms with E-state index in [4.69, 9.17) is 0 Å². The number of rotatable bonds is 9. The first kappa shape index (κ1) is 15.3. The van der Waals surface area contributed by atoms with Crippen LogP contribution in [0.4, 0.5) is 11.8 Å². The Morgan fingerprint density at radius 2 is 1.81 bits per heavy atom. The van der Waals surface area contributed by atoms with Gasteiger partial charge in [-0.25, -0.2) is 4.98 Å². The van der Waals surface area contributed by atoms with Crippen LogP contribution in [0.3, 0.4) is 0 Å². The number of anilines is 2. The van der Waals surface area contributed by atoms with Gasteiger partial charge >= 0.3 is 0 Å². The lowest BCUT2D eigenvalue weighted by Gasteiger charge is -2.08. The van der Waals surface area contributed by atoms with E-state index in [-0.39, 0.29) is 0 Å². The minimum atomic E-state index is 0.687. The molecule has 0 atom stereocenters. The van der Waals surface area contributed by atoms with Gasteiger partial charge < -0.3 is 10.6 Å². The summed E-state index contributed by atoms with van der Waals surface area (Å²) in [5, 5.41) is 6.61. The average Bonchev–Trinajstić information content (AvgIpc) is 2.53. The fourth-order valence-corrected chi connectivity index (χ4v) is 2.10. The van der Waals surface area contributed by atoms with Crippen molar-refractivity contribution in [3.63, 3.8) is 0 Å². The molecule has 0 radical (unpaired) electrons. The van der Waals surface area contributed by atoms with E-state index < -0.39 is 0 Å². The highest BCUT2D eigenvalue weighted by molar-refractivity contribution is 5.39. The maximum Gasteiger partial charge on any atom is 0.224 e. The molecular formula is C17H24N4. The smallest absolute Gasteiger partial charge is 0.224 e. The second kappa shape index (κ2) is 8.95. The van der Waals surface area contributed by atoms with Crippen LogP contribution in [0, 0.1) is 0 Å². The van der Waals surface area contributed by atoms with Crippen molar-refractivity contribution in [1.82, 2.24) is 9.97 Å². The van der Waals surface area contributed by atoms with E-state index in [0.29, 0.717) is 5.95 Å². The second-order valence-corrected chi connectivity index (χ2v) is 5.06. The van der Waals surface area contributed by atoms with Crippen LogP contribution >= 0.6 is 0 Å². The van der Waals surface area contributed by atoms with Gasteiger partial charge in [-0.15, -0.1) is 0 Å². The fourth-order valence-electron chi connectivity index (χ4n) is 2.10.